The number of benzene rings is 1. The quantitative estimate of drug-likeness (QED) is 0.708. The molecule has 2 amide bonds. The Hall–Kier alpha value is -2.63. The topological polar surface area (TPSA) is 83.3 Å². The lowest BCUT2D eigenvalue weighted by molar-refractivity contribution is 0.252. The van der Waals surface area contributed by atoms with Crippen molar-refractivity contribution in [2.45, 2.75) is 19.5 Å². The molecule has 8 heteroatoms. The van der Waals surface area contributed by atoms with Crippen LogP contribution in [0.25, 0.3) is 21.3 Å². The lowest BCUT2D eigenvalue weighted by Gasteiger charge is -2.14. The summed E-state index contributed by atoms with van der Waals surface area (Å²) in [7, 11) is 0. The van der Waals surface area contributed by atoms with E-state index in [9.17, 15) is 9.90 Å². The van der Waals surface area contributed by atoms with Gasteiger partial charge in [0.05, 0.1) is 35.2 Å². The Balaban J connectivity index is 1.88. The number of aliphatic hydroxyl groups is 1. The second-order valence-corrected chi connectivity index (χ2v) is 6.41. The maximum absolute atomic E-state index is 12.2. The van der Waals surface area contributed by atoms with Gasteiger partial charge in [0.25, 0.3) is 0 Å². The molecular formula is C16H15N5O2S. The van der Waals surface area contributed by atoms with Gasteiger partial charge in [-0.05, 0) is 19.1 Å². The molecule has 1 atom stereocenters. The summed E-state index contributed by atoms with van der Waals surface area (Å²) in [4.78, 5) is 22.8. The third kappa shape index (κ3) is 2.21. The number of anilines is 1. The van der Waals surface area contributed by atoms with Crippen molar-refractivity contribution in [2.24, 2.45) is 0 Å². The third-order valence-electron chi connectivity index (χ3n) is 3.96. The molecule has 2 aromatic heterocycles. The minimum absolute atomic E-state index is 0.0293. The fourth-order valence-corrected chi connectivity index (χ4v) is 3.94. The van der Waals surface area contributed by atoms with E-state index in [1.807, 2.05) is 16.7 Å². The summed E-state index contributed by atoms with van der Waals surface area (Å²) in [5, 5.41) is 12.7. The normalized spacial score (nSPS) is 17.3. The number of hydrogen-bond acceptors (Lipinski definition) is 5. The van der Waals surface area contributed by atoms with Crippen molar-refractivity contribution < 1.29 is 9.90 Å². The molecule has 0 spiro atoms. The number of carbonyl (C=O) groups excluding carboxylic acids is 1. The Kier molecular flexibility index (Phi) is 3.59. The van der Waals surface area contributed by atoms with Gasteiger partial charge in [-0.1, -0.05) is 17.3 Å². The van der Waals surface area contributed by atoms with Crippen LogP contribution in [0.15, 0.2) is 18.5 Å². The van der Waals surface area contributed by atoms with E-state index in [0.717, 1.165) is 21.3 Å². The molecule has 3 aromatic rings. The Morgan fingerprint density at radius 2 is 2.38 bits per heavy atom. The SMILES string of the molecule is CC#C[C@@H]1CNC(=O)N1c1nc2c(ccc3ncn(CCO)c32)s1. The molecule has 122 valence electrons. The first-order valence-corrected chi connectivity index (χ1v) is 8.39. The van der Waals surface area contributed by atoms with Crippen LogP contribution in [0.4, 0.5) is 9.93 Å². The van der Waals surface area contributed by atoms with Gasteiger partial charge < -0.3 is 15.0 Å². The van der Waals surface area contributed by atoms with Crippen LogP contribution in [0.2, 0.25) is 0 Å². The Bertz CT molecular complexity index is 996. The van der Waals surface area contributed by atoms with Gasteiger partial charge in [-0.2, -0.15) is 0 Å². The Morgan fingerprint density at radius 1 is 1.50 bits per heavy atom. The number of carbonyl (C=O) groups is 1. The minimum atomic E-state index is -0.207. The standard InChI is InChI=1S/C16H15N5O2S/c1-2-3-10-8-17-15(23)21(10)16-19-13-12(24-16)5-4-11-14(13)20(6-7-22)9-18-11/h4-5,9-10,22H,6-8H2,1H3,(H,17,23)/t10-/m1/s1. The molecule has 0 unspecified atom stereocenters. The van der Waals surface area contributed by atoms with E-state index in [4.69, 9.17) is 4.98 Å². The predicted molar refractivity (Wildman–Crippen MR) is 93.1 cm³/mol. The molecule has 0 bridgehead atoms. The van der Waals surface area contributed by atoms with E-state index in [0.29, 0.717) is 18.2 Å². The second kappa shape index (κ2) is 5.78. The van der Waals surface area contributed by atoms with Gasteiger partial charge in [0, 0.05) is 6.54 Å². The first-order chi connectivity index (χ1) is 11.7. The zero-order valence-corrected chi connectivity index (χ0v) is 13.8. The highest BCUT2D eigenvalue weighted by molar-refractivity contribution is 7.22. The number of nitrogens with zero attached hydrogens (tertiary/aromatic N) is 4. The number of aliphatic hydroxyl groups excluding tert-OH is 1. The molecule has 24 heavy (non-hydrogen) atoms. The lowest BCUT2D eigenvalue weighted by atomic mass is 10.3. The van der Waals surface area contributed by atoms with Crippen molar-refractivity contribution in [3.8, 4) is 11.8 Å². The molecule has 1 aliphatic heterocycles. The smallest absolute Gasteiger partial charge is 0.324 e. The summed E-state index contributed by atoms with van der Waals surface area (Å²) in [6, 6.07) is 3.51. The van der Waals surface area contributed by atoms with Crippen LogP contribution in [0.5, 0.6) is 0 Å². The number of amides is 2. The number of fused-ring (bicyclic) bond motifs is 3. The second-order valence-electron chi connectivity index (χ2n) is 5.40. The van der Waals surface area contributed by atoms with Crippen LogP contribution >= 0.6 is 11.3 Å². The van der Waals surface area contributed by atoms with Crippen molar-refractivity contribution >= 4 is 43.7 Å². The molecule has 1 aromatic carbocycles. The highest BCUT2D eigenvalue weighted by Crippen LogP contribution is 2.34. The van der Waals surface area contributed by atoms with Gasteiger partial charge in [0.15, 0.2) is 5.13 Å². The zero-order valence-electron chi connectivity index (χ0n) is 13.0. The van der Waals surface area contributed by atoms with Crippen molar-refractivity contribution in [3.63, 3.8) is 0 Å². The fraction of sp³-hybridized carbons (Fsp3) is 0.312. The molecule has 1 saturated heterocycles. The van der Waals surface area contributed by atoms with Crippen LogP contribution < -0.4 is 10.2 Å². The summed E-state index contributed by atoms with van der Waals surface area (Å²) in [5.74, 6) is 5.91. The Labute approximate surface area is 141 Å². The molecule has 2 N–H and O–H groups in total. The Morgan fingerprint density at radius 3 is 3.17 bits per heavy atom. The zero-order chi connectivity index (χ0) is 16.7. The number of rotatable bonds is 3. The first-order valence-electron chi connectivity index (χ1n) is 7.57. The molecule has 0 saturated carbocycles. The maximum Gasteiger partial charge on any atom is 0.324 e. The van der Waals surface area contributed by atoms with E-state index in [2.05, 4.69) is 22.1 Å². The van der Waals surface area contributed by atoms with Crippen molar-refractivity contribution in [1.82, 2.24) is 19.9 Å². The van der Waals surface area contributed by atoms with Crippen molar-refractivity contribution in [3.05, 3.63) is 18.5 Å². The summed E-state index contributed by atoms with van der Waals surface area (Å²) < 4.78 is 2.86. The van der Waals surface area contributed by atoms with Gasteiger partial charge in [-0.25, -0.2) is 14.8 Å². The van der Waals surface area contributed by atoms with Crippen LogP contribution in [0, 0.1) is 11.8 Å². The number of thiazole rings is 1. The van der Waals surface area contributed by atoms with E-state index >= 15 is 0 Å². The van der Waals surface area contributed by atoms with E-state index in [-0.39, 0.29) is 18.7 Å². The van der Waals surface area contributed by atoms with Crippen molar-refractivity contribution in [1.29, 1.82) is 0 Å². The average Bonchev–Trinajstić information content (AvgIpc) is 3.25. The summed E-state index contributed by atoms with van der Waals surface area (Å²) >= 11 is 1.46. The molecule has 4 rings (SSSR count). The number of nitrogens with one attached hydrogen (secondary N) is 1. The molecule has 1 fully saturated rings. The summed E-state index contributed by atoms with van der Waals surface area (Å²) in [6.07, 6.45) is 1.70. The summed E-state index contributed by atoms with van der Waals surface area (Å²) in [5.41, 5.74) is 2.49. The third-order valence-corrected chi connectivity index (χ3v) is 4.98. The largest absolute Gasteiger partial charge is 0.395 e. The average molecular weight is 341 g/mol. The molecule has 1 aliphatic rings. The fourth-order valence-electron chi connectivity index (χ4n) is 2.92. The highest BCUT2D eigenvalue weighted by atomic mass is 32.1. The van der Waals surface area contributed by atoms with Gasteiger partial charge in [0.2, 0.25) is 0 Å². The minimum Gasteiger partial charge on any atom is -0.395 e. The lowest BCUT2D eigenvalue weighted by Crippen LogP contribution is -2.33. The van der Waals surface area contributed by atoms with Crippen molar-refractivity contribution in [2.75, 3.05) is 18.1 Å². The molecular weight excluding hydrogens is 326 g/mol. The maximum atomic E-state index is 12.2. The molecule has 7 nitrogen and oxygen atoms in total. The van der Waals surface area contributed by atoms with Gasteiger partial charge >= 0.3 is 6.03 Å². The van der Waals surface area contributed by atoms with Gasteiger partial charge in [-0.15, -0.1) is 5.92 Å². The number of hydrogen-bond donors (Lipinski definition) is 2. The highest BCUT2D eigenvalue weighted by Gasteiger charge is 2.33. The van der Waals surface area contributed by atoms with Crippen LogP contribution in [0.3, 0.4) is 0 Å². The van der Waals surface area contributed by atoms with Gasteiger partial charge in [-0.3, -0.25) is 4.90 Å². The molecule has 0 radical (unpaired) electrons. The van der Waals surface area contributed by atoms with Crippen LogP contribution in [-0.4, -0.2) is 44.9 Å². The van der Waals surface area contributed by atoms with Gasteiger partial charge in [0.1, 0.15) is 11.6 Å². The number of aromatic nitrogens is 3. The number of imidazole rings is 1. The van der Waals surface area contributed by atoms with Crippen LogP contribution in [-0.2, 0) is 6.54 Å². The predicted octanol–water partition coefficient (Wildman–Crippen LogP) is 1.56. The van der Waals surface area contributed by atoms with E-state index < -0.39 is 0 Å². The molecule has 0 aliphatic carbocycles. The monoisotopic (exact) mass is 341 g/mol. The number of urea groups is 1. The summed E-state index contributed by atoms with van der Waals surface area (Å²) in [6.45, 7) is 2.74. The molecule has 3 heterocycles. The first kappa shape index (κ1) is 14.9. The van der Waals surface area contributed by atoms with E-state index in [1.165, 1.54) is 11.3 Å². The van der Waals surface area contributed by atoms with Crippen LogP contribution in [0.1, 0.15) is 6.92 Å². The van der Waals surface area contributed by atoms with E-state index in [1.54, 1.807) is 18.2 Å².